The van der Waals surface area contributed by atoms with Gasteiger partial charge in [0.1, 0.15) is 0 Å². The number of primary amides is 1. The maximum atomic E-state index is 10.6. The van der Waals surface area contributed by atoms with Gasteiger partial charge in [-0.05, 0) is 31.2 Å². The molecule has 7 nitrogen and oxygen atoms in total. The van der Waals surface area contributed by atoms with Gasteiger partial charge in [0, 0.05) is 24.3 Å². The van der Waals surface area contributed by atoms with E-state index >= 15 is 0 Å². The van der Waals surface area contributed by atoms with Crippen LogP contribution in [0.3, 0.4) is 0 Å². The Kier molecular flexibility index (Phi) is 5.54. The van der Waals surface area contributed by atoms with Crippen molar-refractivity contribution < 1.29 is 4.79 Å². The van der Waals surface area contributed by atoms with Gasteiger partial charge in [0.05, 0.1) is 6.54 Å². The highest BCUT2D eigenvalue weighted by molar-refractivity contribution is 7.99. The molecule has 1 rings (SSSR count). The number of carbonyl (C=O) groups is 1. The molecule has 0 aliphatic rings. The molecule has 0 saturated heterocycles. The van der Waals surface area contributed by atoms with Gasteiger partial charge in [0.25, 0.3) is 0 Å². The first-order valence-corrected chi connectivity index (χ1v) is 6.79. The molecule has 0 aliphatic heterocycles. The molecule has 0 atom stereocenters. The number of hydrogen-bond acceptors (Lipinski definition) is 6. The normalized spacial score (nSPS) is 11.7. The van der Waals surface area contributed by atoms with E-state index in [0.29, 0.717) is 23.9 Å². The van der Waals surface area contributed by atoms with E-state index in [4.69, 9.17) is 5.73 Å². The summed E-state index contributed by atoms with van der Waals surface area (Å²) >= 11 is 1.44. The molecular weight excluding hydrogens is 252 g/mol. The SMILES string of the molecule is CC(C)(C)NCCn1nnnc1SCCC(N)=O. The lowest BCUT2D eigenvalue weighted by atomic mass is 10.1. The van der Waals surface area contributed by atoms with Crippen LogP contribution in [0.25, 0.3) is 0 Å². The van der Waals surface area contributed by atoms with Crippen molar-refractivity contribution in [3.63, 3.8) is 0 Å². The highest BCUT2D eigenvalue weighted by Gasteiger charge is 2.10. The van der Waals surface area contributed by atoms with Gasteiger partial charge in [0.2, 0.25) is 11.1 Å². The zero-order valence-corrected chi connectivity index (χ0v) is 11.8. The minimum Gasteiger partial charge on any atom is -0.370 e. The smallest absolute Gasteiger partial charge is 0.218 e. The van der Waals surface area contributed by atoms with Gasteiger partial charge in [-0.1, -0.05) is 11.8 Å². The number of hydrogen-bond donors (Lipinski definition) is 2. The summed E-state index contributed by atoms with van der Waals surface area (Å²) < 4.78 is 1.73. The fourth-order valence-electron chi connectivity index (χ4n) is 1.22. The summed E-state index contributed by atoms with van der Waals surface area (Å²) in [5, 5.41) is 15.5. The lowest BCUT2D eigenvalue weighted by Crippen LogP contribution is -2.38. The molecule has 0 radical (unpaired) electrons. The monoisotopic (exact) mass is 272 g/mol. The van der Waals surface area contributed by atoms with Crippen LogP contribution in [-0.4, -0.2) is 44.0 Å². The Morgan fingerprint density at radius 2 is 2.22 bits per heavy atom. The second-order valence-corrected chi connectivity index (χ2v) is 5.99. The van der Waals surface area contributed by atoms with Crippen LogP contribution >= 0.6 is 11.8 Å². The van der Waals surface area contributed by atoms with E-state index in [2.05, 4.69) is 41.6 Å². The molecule has 8 heteroatoms. The van der Waals surface area contributed by atoms with Crippen LogP contribution in [0.5, 0.6) is 0 Å². The summed E-state index contributed by atoms with van der Waals surface area (Å²) in [6.45, 7) is 7.81. The van der Waals surface area contributed by atoms with Crippen LogP contribution < -0.4 is 11.1 Å². The van der Waals surface area contributed by atoms with Gasteiger partial charge in [-0.2, -0.15) is 0 Å². The molecular formula is C10H20N6OS. The molecule has 0 aliphatic carbocycles. The highest BCUT2D eigenvalue weighted by Crippen LogP contribution is 2.14. The summed E-state index contributed by atoms with van der Waals surface area (Å²) in [5.41, 5.74) is 5.15. The molecule has 1 aromatic rings. The molecule has 0 fully saturated rings. The Bertz CT molecular complexity index is 386. The van der Waals surface area contributed by atoms with E-state index in [-0.39, 0.29) is 11.4 Å². The minimum absolute atomic E-state index is 0.0767. The zero-order chi connectivity index (χ0) is 13.6. The van der Waals surface area contributed by atoms with Crippen molar-refractivity contribution in [2.45, 2.75) is 44.4 Å². The van der Waals surface area contributed by atoms with Crippen molar-refractivity contribution in [2.24, 2.45) is 5.73 Å². The standard InChI is InChI=1S/C10H20N6OS/c1-10(2,3)12-5-6-16-9(13-14-15-16)18-7-4-8(11)17/h12H,4-7H2,1-3H3,(H2,11,17). The molecule has 18 heavy (non-hydrogen) atoms. The van der Waals surface area contributed by atoms with Gasteiger partial charge in [0.15, 0.2) is 0 Å². The molecule has 0 unspecified atom stereocenters. The number of rotatable bonds is 7. The quantitative estimate of drug-likeness (QED) is 0.679. The molecule has 102 valence electrons. The molecule has 0 aromatic carbocycles. The van der Waals surface area contributed by atoms with Crippen molar-refractivity contribution in [3.05, 3.63) is 0 Å². The number of nitrogens with one attached hydrogen (secondary N) is 1. The molecule has 3 N–H and O–H groups in total. The number of carbonyl (C=O) groups excluding carboxylic acids is 1. The molecule has 1 amide bonds. The predicted molar refractivity (Wildman–Crippen MR) is 70.1 cm³/mol. The van der Waals surface area contributed by atoms with Crippen molar-refractivity contribution in [1.29, 1.82) is 0 Å². The summed E-state index contributed by atoms with van der Waals surface area (Å²) in [4.78, 5) is 10.6. The van der Waals surface area contributed by atoms with Gasteiger partial charge in [-0.25, -0.2) is 4.68 Å². The summed E-state index contributed by atoms with van der Waals surface area (Å²) in [5.74, 6) is 0.290. The first-order valence-electron chi connectivity index (χ1n) is 5.81. The number of amides is 1. The number of nitrogens with two attached hydrogens (primary N) is 1. The number of tetrazole rings is 1. The van der Waals surface area contributed by atoms with Gasteiger partial charge in [-0.3, -0.25) is 4.79 Å². The molecule has 1 heterocycles. The van der Waals surface area contributed by atoms with Gasteiger partial charge < -0.3 is 11.1 Å². The van der Waals surface area contributed by atoms with Crippen molar-refractivity contribution >= 4 is 17.7 Å². The lowest BCUT2D eigenvalue weighted by Gasteiger charge is -2.20. The van der Waals surface area contributed by atoms with E-state index in [1.807, 2.05) is 0 Å². The highest BCUT2D eigenvalue weighted by atomic mass is 32.2. The molecule has 0 spiro atoms. The van der Waals surface area contributed by atoms with Crippen molar-refractivity contribution in [2.75, 3.05) is 12.3 Å². The topological polar surface area (TPSA) is 98.7 Å². The Morgan fingerprint density at radius 1 is 1.50 bits per heavy atom. The third kappa shape index (κ3) is 5.97. The van der Waals surface area contributed by atoms with Crippen LogP contribution in [0, 0.1) is 0 Å². The van der Waals surface area contributed by atoms with E-state index in [0.717, 1.165) is 6.54 Å². The Hall–Kier alpha value is -1.15. The third-order valence-corrected chi connectivity index (χ3v) is 3.02. The summed E-state index contributed by atoms with van der Waals surface area (Å²) in [7, 11) is 0. The summed E-state index contributed by atoms with van der Waals surface area (Å²) in [6.07, 6.45) is 0.331. The van der Waals surface area contributed by atoms with E-state index in [1.54, 1.807) is 4.68 Å². The number of thioether (sulfide) groups is 1. The Labute approximate surface area is 111 Å². The average molecular weight is 272 g/mol. The van der Waals surface area contributed by atoms with Crippen LogP contribution in [0.2, 0.25) is 0 Å². The second kappa shape index (κ2) is 6.69. The number of aromatic nitrogens is 4. The largest absolute Gasteiger partial charge is 0.370 e. The molecule has 0 bridgehead atoms. The Morgan fingerprint density at radius 3 is 2.83 bits per heavy atom. The molecule has 1 aromatic heterocycles. The third-order valence-electron chi connectivity index (χ3n) is 2.06. The lowest BCUT2D eigenvalue weighted by molar-refractivity contribution is -0.117. The first-order chi connectivity index (χ1) is 8.38. The number of nitrogens with zero attached hydrogens (tertiary/aromatic N) is 4. The fourth-order valence-corrected chi connectivity index (χ4v) is 2.08. The fraction of sp³-hybridized carbons (Fsp3) is 0.800. The summed E-state index contributed by atoms with van der Waals surface area (Å²) in [6, 6.07) is 0. The van der Waals surface area contributed by atoms with E-state index in [9.17, 15) is 4.79 Å². The van der Waals surface area contributed by atoms with Gasteiger partial charge in [-0.15, -0.1) is 5.10 Å². The van der Waals surface area contributed by atoms with E-state index < -0.39 is 0 Å². The zero-order valence-electron chi connectivity index (χ0n) is 11.0. The first kappa shape index (κ1) is 14.9. The maximum absolute atomic E-state index is 10.6. The molecule has 0 saturated carbocycles. The predicted octanol–water partition coefficient (Wildman–Crippen LogP) is 0.0287. The second-order valence-electron chi connectivity index (χ2n) is 4.93. The minimum atomic E-state index is -0.309. The van der Waals surface area contributed by atoms with Gasteiger partial charge >= 0.3 is 0 Å². The van der Waals surface area contributed by atoms with Crippen LogP contribution in [0.15, 0.2) is 5.16 Å². The maximum Gasteiger partial charge on any atom is 0.218 e. The average Bonchev–Trinajstić information content (AvgIpc) is 2.63. The van der Waals surface area contributed by atoms with Crippen molar-refractivity contribution in [3.8, 4) is 0 Å². The van der Waals surface area contributed by atoms with Crippen LogP contribution in [0.4, 0.5) is 0 Å². The van der Waals surface area contributed by atoms with Crippen LogP contribution in [0.1, 0.15) is 27.2 Å². The van der Waals surface area contributed by atoms with Crippen LogP contribution in [-0.2, 0) is 11.3 Å². The van der Waals surface area contributed by atoms with E-state index in [1.165, 1.54) is 11.8 Å². The van der Waals surface area contributed by atoms with Crippen molar-refractivity contribution in [1.82, 2.24) is 25.5 Å². The Balaban J connectivity index is 2.37.